The Morgan fingerprint density at radius 1 is 0.296 bits per heavy atom. The minimum Gasteiger partial charge on any atom is -0.457 e. The average molecular weight is 1390 g/mol. The lowest BCUT2D eigenvalue weighted by Crippen LogP contribution is -2.61. The maximum Gasteiger partial charge on any atom is 0.338 e. The standard InChI is InChI=1S/C94H62BN9O4/c105-93(107-59-61-27-8-1-9-28-61)69-48-52-79-74(57-69)75-58-70(94(106)108-60-62-29-10-2-11-30-62)49-53-80(75)104(79)81-51-47-68(91-97-87(63-31-12-3-13-32-63)96-88(98-91)64-33-14-4-15-34-64)56-76(81)92-100-89(65-35-16-5-17-36-65)99-90(101-92)67-38-26-37-66(55-67)73-50-54-84-85-86(73)103(72-41-20-7-21-42-72)83-46-25-23-44-78(83)95(85)77-43-22-24-45-82(77)102(84)71-39-18-6-19-40-71/h1-58H,59-60H2. The van der Waals surface area contributed by atoms with Crippen LogP contribution in [0.2, 0.25) is 0 Å². The molecule has 0 N–H and O–H groups in total. The summed E-state index contributed by atoms with van der Waals surface area (Å²) in [6.07, 6.45) is 0. The molecule has 108 heavy (non-hydrogen) atoms. The van der Waals surface area contributed by atoms with Crippen LogP contribution < -0.4 is 26.2 Å². The minimum absolute atomic E-state index is 0.0809. The van der Waals surface area contributed by atoms with Crippen LogP contribution in [0.1, 0.15) is 31.8 Å². The SMILES string of the molecule is O=C(OCc1ccccc1)c1ccc2c(c1)c1cc(C(=O)OCc3ccccc3)ccc1n2-c1ccc(-c2nc(-c3ccccc3)nc(-c3ccccc3)n2)cc1-c1nc(-c2ccccc2)nc(-c2cccc(-c3ccc4c5c3N(c3ccccc3)c3ccccc3B5c3ccccc3N4c3ccccc3)c2)n1. The van der Waals surface area contributed by atoms with E-state index >= 15 is 0 Å². The number of rotatable bonds is 16. The molecule has 0 spiro atoms. The Hall–Kier alpha value is -14.5. The third-order valence-electron chi connectivity index (χ3n) is 20.2. The van der Waals surface area contributed by atoms with Gasteiger partial charge >= 0.3 is 11.9 Å². The van der Waals surface area contributed by atoms with Gasteiger partial charge in [0.1, 0.15) is 13.2 Å². The zero-order chi connectivity index (χ0) is 72.0. The molecular weight excluding hydrogens is 1330 g/mol. The third kappa shape index (κ3) is 11.8. The van der Waals surface area contributed by atoms with Crippen molar-refractivity contribution in [1.29, 1.82) is 0 Å². The minimum atomic E-state index is -0.503. The van der Waals surface area contributed by atoms with Gasteiger partial charge in [0.05, 0.1) is 33.5 Å². The Bertz CT molecular complexity index is 6130. The summed E-state index contributed by atoms with van der Waals surface area (Å²) in [7, 11) is 0. The number of esters is 2. The summed E-state index contributed by atoms with van der Waals surface area (Å²) >= 11 is 0. The number of anilines is 6. The molecule has 17 aromatic rings. The number of nitrogens with zero attached hydrogens (tertiary/aromatic N) is 9. The first-order valence-corrected chi connectivity index (χ1v) is 35.9. The zero-order valence-corrected chi connectivity index (χ0v) is 58.1. The number of hydrogen-bond acceptors (Lipinski definition) is 12. The highest BCUT2D eigenvalue weighted by Gasteiger charge is 2.44. The monoisotopic (exact) mass is 1390 g/mol. The molecule has 0 amide bonds. The van der Waals surface area contributed by atoms with E-state index in [4.69, 9.17) is 39.4 Å². The Balaban J connectivity index is 0.830. The van der Waals surface area contributed by atoms with Gasteiger partial charge in [-0.25, -0.2) is 39.5 Å². The fourth-order valence-corrected chi connectivity index (χ4v) is 15.2. The van der Waals surface area contributed by atoms with Crippen molar-refractivity contribution < 1.29 is 19.1 Å². The van der Waals surface area contributed by atoms with Crippen LogP contribution in [0.15, 0.2) is 352 Å². The van der Waals surface area contributed by atoms with Gasteiger partial charge in [-0.2, -0.15) is 0 Å². The van der Waals surface area contributed by atoms with E-state index in [2.05, 4.69) is 160 Å². The van der Waals surface area contributed by atoms with Crippen molar-refractivity contribution in [3.63, 3.8) is 0 Å². The molecule has 2 aliphatic rings. The number of benzene rings is 14. The number of ether oxygens (including phenoxy) is 2. The van der Waals surface area contributed by atoms with E-state index < -0.39 is 11.9 Å². The van der Waals surface area contributed by atoms with E-state index in [0.29, 0.717) is 73.7 Å². The van der Waals surface area contributed by atoms with Crippen LogP contribution in [0.4, 0.5) is 34.1 Å². The molecule has 0 saturated carbocycles. The van der Waals surface area contributed by atoms with Crippen molar-refractivity contribution in [2.24, 2.45) is 0 Å². The summed E-state index contributed by atoms with van der Waals surface area (Å²) < 4.78 is 14.1. The van der Waals surface area contributed by atoms with Crippen molar-refractivity contribution in [2.75, 3.05) is 9.80 Å². The van der Waals surface area contributed by atoms with E-state index in [1.165, 1.54) is 16.4 Å². The van der Waals surface area contributed by atoms with Gasteiger partial charge in [-0.1, -0.05) is 249 Å². The smallest absolute Gasteiger partial charge is 0.338 e. The highest BCUT2D eigenvalue weighted by atomic mass is 16.5. The number of aromatic nitrogens is 7. The molecule has 0 unspecified atom stereocenters. The van der Waals surface area contributed by atoms with Gasteiger partial charge in [0, 0.05) is 78.2 Å². The topological polar surface area (TPSA) is 141 Å². The van der Waals surface area contributed by atoms with Crippen molar-refractivity contribution in [2.45, 2.75) is 13.2 Å². The van der Waals surface area contributed by atoms with Crippen molar-refractivity contribution in [3.05, 3.63) is 374 Å². The van der Waals surface area contributed by atoms with Gasteiger partial charge in [0.15, 0.2) is 34.9 Å². The first-order chi connectivity index (χ1) is 53.4. The molecule has 0 bridgehead atoms. The number of hydrogen-bond donors (Lipinski definition) is 0. The molecule has 19 rings (SSSR count). The van der Waals surface area contributed by atoms with Crippen LogP contribution in [0.5, 0.6) is 0 Å². The zero-order valence-electron chi connectivity index (χ0n) is 58.1. The van der Waals surface area contributed by atoms with E-state index in [0.717, 1.165) is 89.7 Å². The normalized spacial score (nSPS) is 12.0. The molecule has 0 atom stereocenters. The maximum absolute atomic E-state index is 14.3. The van der Waals surface area contributed by atoms with Gasteiger partial charge in [-0.05, 0) is 136 Å². The van der Waals surface area contributed by atoms with Crippen LogP contribution in [0.25, 0.3) is 107 Å². The van der Waals surface area contributed by atoms with E-state index in [-0.39, 0.29) is 19.9 Å². The van der Waals surface area contributed by atoms with Gasteiger partial charge in [0.2, 0.25) is 0 Å². The molecule has 13 nitrogen and oxygen atoms in total. The Labute approximate surface area is 623 Å². The van der Waals surface area contributed by atoms with Crippen LogP contribution in [0, 0.1) is 0 Å². The van der Waals surface area contributed by atoms with E-state index in [1.807, 2.05) is 194 Å². The van der Waals surface area contributed by atoms with Crippen molar-refractivity contribution in [1.82, 2.24) is 34.5 Å². The number of carbonyl (C=O) groups excluding carboxylic acids is 2. The Morgan fingerprint density at radius 2 is 0.685 bits per heavy atom. The Morgan fingerprint density at radius 3 is 1.19 bits per heavy atom. The molecule has 2 aliphatic heterocycles. The molecule has 14 heteroatoms. The molecule has 14 aromatic carbocycles. The molecular formula is C94H62BN9O4. The number of para-hydroxylation sites is 4. The second-order valence-corrected chi connectivity index (χ2v) is 26.7. The fraction of sp³-hybridized carbons (Fsp3) is 0.0213. The third-order valence-corrected chi connectivity index (χ3v) is 20.2. The lowest BCUT2D eigenvalue weighted by Gasteiger charge is -2.45. The predicted molar refractivity (Wildman–Crippen MR) is 431 cm³/mol. The van der Waals surface area contributed by atoms with Crippen molar-refractivity contribution >= 4 is 91.0 Å². The molecule has 3 aromatic heterocycles. The summed E-state index contributed by atoms with van der Waals surface area (Å²) in [5.41, 5.74) is 21.0. The lowest BCUT2D eigenvalue weighted by atomic mass is 9.33. The van der Waals surface area contributed by atoms with Crippen molar-refractivity contribution in [3.8, 4) is 85.1 Å². The quantitative estimate of drug-likeness (QED) is 0.0671. The predicted octanol–water partition coefficient (Wildman–Crippen LogP) is 19.6. The van der Waals surface area contributed by atoms with Gasteiger partial charge < -0.3 is 23.8 Å². The summed E-state index contributed by atoms with van der Waals surface area (Å²) in [4.78, 5) is 65.7. The van der Waals surface area contributed by atoms with Crippen LogP contribution in [-0.2, 0) is 22.7 Å². The molecule has 0 fully saturated rings. The largest absolute Gasteiger partial charge is 0.457 e. The Kier molecular flexibility index (Phi) is 16.4. The van der Waals surface area contributed by atoms with Gasteiger partial charge in [-0.3, -0.25) is 0 Å². The molecule has 510 valence electrons. The summed E-state index contributed by atoms with van der Waals surface area (Å²) in [5, 5.41) is 1.36. The average Bonchev–Trinajstić information content (AvgIpc) is 0.882. The lowest BCUT2D eigenvalue weighted by molar-refractivity contribution is 0.0464. The summed E-state index contributed by atoms with van der Waals surface area (Å²) in [5.74, 6) is 1.61. The van der Waals surface area contributed by atoms with Gasteiger partial charge in [0.25, 0.3) is 6.71 Å². The second kappa shape index (κ2) is 27.6. The maximum atomic E-state index is 14.3. The first kappa shape index (κ1) is 64.4. The molecule has 0 aliphatic carbocycles. The summed E-state index contributed by atoms with van der Waals surface area (Å²) in [6, 6.07) is 118. The van der Waals surface area contributed by atoms with Gasteiger partial charge in [-0.15, -0.1) is 0 Å². The highest BCUT2D eigenvalue weighted by Crippen LogP contribution is 2.49. The number of carbonyl (C=O) groups is 2. The van der Waals surface area contributed by atoms with Crippen LogP contribution in [0.3, 0.4) is 0 Å². The van der Waals surface area contributed by atoms with Crippen LogP contribution in [-0.4, -0.2) is 53.1 Å². The second-order valence-electron chi connectivity index (χ2n) is 26.7. The molecule has 0 saturated heterocycles. The summed E-state index contributed by atoms with van der Waals surface area (Å²) in [6.45, 7) is 0.0542. The molecule has 5 heterocycles. The first-order valence-electron chi connectivity index (χ1n) is 35.9. The van der Waals surface area contributed by atoms with E-state index in [9.17, 15) is 9.59 Å². The number of fused-ring (bicyclic) bond motifs is 7. The fourth-order valence-electron chi connectivity index (χ4n) is 15.2. The molecule has 0 radical (unpaired) electrons. The highest BCUT2D eigenvalue weighted by molar-refractivity contribution is 7.00. The van der Waals surface area contributed by atoms with Crippen LogP contribution >= 0.6 is 0 Å². The van der Waals surface area contributed by atoms with E-state index in [1.54, 1.807) is 12.1 Å².